The normalized spacial score (nSPS) is 17.6. The molecule has 1 aromatic carbocycles. The van der Waals surface area contributed by atoms with Crippen LogP contribution in [-0.2, 0) is 31.2 Å². The summed E-state index contributed by atoms with van der Waals surface area (Å²) < 4.78 is 86.9. The zero-order chi connectivity index (χ0) is 18.0. The van der Waals surface area contributed by atoms with Crippen LogP contribution in [-0.4, -0.2) is 33.8 Å². The molecule has 24 heavy (non-hydrogen) atoms. The summed E-state index contributed by atoms with van der Waals surface area (Å²) in [6.07, 6.45) is 3.41. The van der Waals surface area contributed by atoms with Crippen LogP contribution in [0.15, 0.2) is 29.2 Å². The van der Waals surface area contributed by atoms with Crippen LogP contribution < -0.4 is 4.18 Å². The lowest BCUT2D eigenvalue weighted by atomic mass is 10.3. The van der Waals surface area contributed by atoms with E-state index in [1.165, 1.54) is 18.6 Å². The van der Waals surface area contributed by atoms with Crippen molar-refractivity contribution in [3.63, 3.8) is 0 Å². The molecule has 0 bridgehead atoms. The Hall–Kier alpha value is -0.980. The average Bonchev–Trinajstić information content (AvgIpc) is 2.46. The highest BCUT2D eigenvalue weighted by Crippen LogP contribution is 2.31. The van der Waals surface area contributed by atoms with Crippen molar-refractivity contribution in [3.8, 4) is 5.75 Å². The van der Waals surface area contributed by atoms with E-state index in [4.69, 9.17) is 0 Å². The molecule has 1 fully saturated rings. The van der Waals surface area contributed by atoms with E-state index in [1.807, 2.05) is 4.13 Å². The van der Waals surface area contributed by atoms with Crippen molar-refractivity contribution in [1.82, 2.24) is 0 Å². The number of halogens is 3. The van der Waals surface area contributed by atoms with Gasteiger partial charge in [-0.1, -0.05) is 0 Å². The lowest BCUT2D eigenvalue weighted by molar-refractivity contribution is -0.0425. The molecule has 1 aliphatic rings. The van der Waals surface area contributed by atoms with Gasteiger partial charge in [-0.25, -0.2) is 16.8 Å². The first kappa shape index (κ1) is 19.3. The molecule has 1 heterocycles. The molecule has 0 atom stereocenters. The number of nitrogens with zero attached hydrogens (tertiary/aromatic N) is 1. The van der Waals surface area contributed by atoms with Crippen molar-refractivity contribution in [2.24, 2.45) is 0 Å². The van der Waals surface area contributed by atoms with Gasteiger partial charge in [-0.15, -0.1) is 0 Å². The van der Waals surface area contributed by atoms with Crippen molar-refractivity contribution < 1.29 is 34.2 Å². The summed E-state index contributed by atoms with van der Waals surface area (Å²) >= 11 is 0. The van der Waals surface area contributed by atoms with E-state index in [1.54, 1.807) is 12.1 Å². The average molecular weight is 405 g/mol. The molecule has 1 saturated heterocycles. The van der Waals surface area contributed by atoms with E-state index in [9.17, 15) is 30.0 Å². The maximum Gasteiger partial charge on any atom is 0.480 e. The Bertz CT molecular complexity index is 769. The number of hydrogen-bond acceptors (Lipinski definition) is 5. The zero-order valence-electron chi connectivity index (χ0n) is 12.2. The van der Waals surface area contributed by atoms with Crippen molar-refractivity contribution >= 4 is 31.2 Å². The summed E-state index contributed by atoms with van der Waals surface area (Å²) in [6.45, 7) is 0. The van der Waals surface area contributed by atoms with Gasteiger partial charge in [0.15, 0.2) is 14.9 Å². The van der Waals surface area contributed by atoms with E-state index < -0.39 is 25.8 Å². The number of sulfonamides is 1. The highest BCUT2D eigenvalue weighted by Gasteiger charge is 2.40. The molecule has 6 nitrogen and oxygen atoms in total. The highest BCUT2D eigenvalue weighted by molar-refractivity contribution is 8.10. The molecule has 1 aliphatic heterocycles. The molecule has 0 radical (unpaired) electrons. The van der Waals surface area contributed by atoms with Crippen LogP contribution in [0.3, 0.4) is 0 Å². The van der Waals surface area contributed by atoms with Gasteiger partial charge in [0.2, 0.25) is 10.3 Å². The highest BCUT2D eigenvalue weighted by atomic mass is 32.3. The Morgan fingerprint density at radius 2 is 1.50 bits per heavy atom. The second kappa shape index (κ2) is 7.10. The fourth-order valence-electron chi connectivity index (χ4n) is 2.05. The van der Waals surface area contributed by atoms with Gasteiger partial charge in [-0.05, 0) is 43.5 Å². The summed E-state index contributed by atoms with van der Waals surface area (Å²) in [7, 11) is -11.4. The fraction of sp³-hybridized carbons (Fsp3) is 0.500. The van der Waals surface area contributed by atoms with Crippen LogP contribution in [0.25, 0.3) is 4.13 Å². The predicted octanol–water partition coefficient (Wildman–Crippen LogP) is 2.69. The monoisotopic (exact) mass is 405 g/mol. The minimum Gasteiger partial charge on any atom is -0.395 e. The molecule has 0 unspecified atom stereocenters. The molecule has 0 amide bonds. The van der Waals surface area contributed by atoms with Crippen molar-refractivity contribution in [3.05, 3.63) is 28.4 Å². The summed E-state index contributed by atoms with van der Waals surface area (Å²) in [5.41, 5.74) is -5.81. The summed E-state index contributed by atoms with van der Waals surface area (Å²) in [4.78, 5) is 0.999. The molecular weight excluding hydrogens is 391 g/mol. The third kappa shape index (κ3) is 5.01. The van der Waals surface area contributed by atoms with Gasteiger partial charge in [0, 0.05) is 10.9 Å². The fourth-order valence-corrected chi connectivity index (χ4v) is 6.13. The van der Waals surface area contributed by atoms with E-state index >= 15 is 0 Å². The molecule has 0 saturated carbocycles. The first-order valence-electron chi connectivity index (χ1n) is 6.78. The lowest BCUT2D eigenvalue weighted by Gasteiger charge is -2.21. The van der Waals surface area contributed by atoms with Crippen LogP contribution >= 0.6 is 0 Å². The predicted molar refractivity (Wildman–Crippen MR) is 83.5 cm³/mol. The third-order valence-corrected chi connectivity index (χ3v) is 8.13. The smallest absolute Gasteiger partial charge is 0.395 e. The second-order valence-corrected chi connectivity index (χ2v) is 10.2. The van der Waals surface area contributed by atoms with Crippen molar-refractivity contribution in [1.29, 1.82) is 0 Å². The van der Waals surface area contributed by atoms with Crippen LogP contribution in [0.5, 0.6) is 5.75 Å². The Labute approximate surface area is 141 Å². The van der Waals surface area contributed by atoms with E-state index in [2.05, 4.69) is 4.18 Å². The van der Waals surface area contributed by atoms with Crippen LogP contribution in [0.4, 0.5) is 13.2 Å². The van der Waals surface area contributed by atoms with E-state index in [0.29, 0.717) is 0 Å². The van der Waals surface area contributed by atoms with Gasteiger partial charge in [-0.2, -0.15) is 13.2 Å². The first-order chi connectivity index (χ1) is 11.0. The Balaban J connectivity index is 2.07. The molecule has 12 heteroatoms. The molecule has 1 aromatic rings. The third-order valence-electron chi connectivity index (χ3n) is 3.12. The van der Waals surface area contributed by atoms with Gasteiger partial charge < -0.3 is 8.31 Å². The molecule has 0 aliphatic carbocycles. The maximum atomic E-state index is 12.2. The van der Waals surface area contributed by atoms with E-state index in [-0.39, 0.29) is 16.6 Å². The lowest BCUT2D eigenvalue weighted by Crippen LogP contribution is -2.25. The van der Waals surface area contributed by atoms with Crippen LogP contribution in [0, 0.1) is 0 Å². The molecule has 2 rings (SSSR count). The number of benzene rings is 1. The molecule has 0 spiro atoms. The Kier molecular flexibility index (Phi) is 5.72. The number of hydrogen-bond donors (Lipinski definition) is 0. The SMILES string of the molecule is O=S(=O)([N-]S(=O)(=O)C(F)(F)F)Oc1ccc([S+]2CCCCC2)cc1. The molecular formula is C12H14F3NO5S3. The van der Waals surface area contributed by atoms with Gasteiger partial charge in [0.05, 0.1) is 0 Å². The van der Waals surface area contributed by atoms with Crippen molar-refractivity contribution in [2.75, 3.05) is 11.5 Å². The topological polar surface area (TPSA) is 91.6 Å². The minimum atomic E-state index is -6.19. The molecule has 0 aromatic heterocycles. The number of alkyl halides is 3. The number of rotatable bonds is 5. The summed E-state index contributed by atoms with van der Waals surface area (Å²) in [5, 5.41) is 0. The molecule has 136 valence electrons. The minimum absolute atomic E-state index is 0.0598. The summed E-state index contributed by atoms with van der Waals surface area (Å²) in [6, 6.07) is 5.78. The van der Waals surface area contributed by atoms with Gasteiger partial charge in [0.1, 0.15) is 17.3 Å². The van der Waals surface area contributed by atoms with Crippen molar-refractivity contribution in [2.45, 2.75) is 29.7 Å². The quantitative estimate of drug-likeness (QED) is 0.703. The van der Waals surface area contributed by atoms with Crippen LogP contribution in [0.2, 0.25) is 0 Å². The maximum absolute atomic E-state index is 12.2. The Morgan fingerprint density at radius 3 is 2.00 bits per heavy atom. The standard InChI is InChI=1S/C12H14F3NO5S3/c13-12(14,15)23(17,18)16-24(19,20)21-10-4-6-11(7-5-10)22-8-2-1-3-9-22/h4-7H,1-3,8-9H2. The Morgan fingerprint density at radius 1 is 0.958 bits per heavy atom. The van der Waals surface area contributed by atoms with E-state index in [0.717, 1.165) is 29.2 Å². The van der Waals surface area contributed by atoms with Gasteiger partial charge in [-0.3, -0.25) is 0 Å². The largest absolute Gasteiger partial charge is 0.480 e. The van der Waals surface area contributed by atoms with Gasteiger partial charge in [0.25, 0.3) is 0 Å². The van der Waals surface area contributed by atoms with Gasteiger partial charge >= 0.3 is 5.51 Å². The second-order valence-electron chi connectivity index (χ2n) is 4.94. The first-order valence-corrected chi connectivity index (χ1v) is 11.1. The molecule has 0 N–H and O–H groups in total. The van der Waals surface area contributed by atoms with Crippen LogP contribution in [0.1, 0.15) is 19.3 Å². The summed E-state index contributed by atoms with van der Waals surface area (Å²) in [5.74, 6) is 1.77. The zero-order valence-corrected chi connectivity index (χ0v) is 14.6.